The van der Waals surface area contributed by atoms with Crippen LogP contribution in [0, 0.1) is 0 Å². The summed E-state index contributed by atoms with van der Waals surface area (Å²) in [4.78, 5) is 20.7. The molecule has 65 heavy (non-hydrogen) atoms. The molecule has 0 radical (unpaired) electrons. The number of rotatable bonds is 7. The Bertz CT molecular complexity index is 3820. The van der Waals surface area contributed by atoms with E-state index in [2.05, 4.69) is 143 Å². The molecule has 7 nitrogen and oxygen atoms in total. The summed E-state index contributed by atoms with van der Waals surface area (Å²) in [5.41, 5.74) is 14.1. The van der Waals surface area contributed by atoms with Gasteiger partial charge in [0.25, 0.3) is 0 Å². The van der Waals surface area contributed by atoms with Crippen LogP contribution in [0.3, 0.4) is 0 Å². The Morgan fingerprint density at radius 3 is 1.68 bits per heavy atom. The van der Waals surface area contributed by atoms with Crippen LogP contribution in [0.2, 0.25) is 0 Å². The summed E-state index contributed by atoms with van der Waals surface area (Å²) in [6.07, 6.45) is 8.61. The molecule has 0 saturated carbocycles. The average Bonchev–Trinajstić information content (AvgIpc) is 4.08. The van der Waals surface area contributed by atoms with E-state index in [4.69, 9.17) is 24.4 Å². The molecule has 4 heterocycles. The van der Waals surface area contributed by atoms with Crippen LogP contribution in [0.1, 0.15) is 18.4 Å². The lowest BCUT2D eigenvalue weighted by atomic mass is 9.93. The van der Waals surface area contributed by atoms with E-state index >= 15 is 0 Å². The van der Waals surface area contributed by atoms with Gasteiger partial charge in [0.2, 0.25) is 11.8 Å². The molecule has 7 heteroatoms. The minimum atomic E-state index is 0.549. The number of nitrogens with zero attached hydrogens (tertiary/aromatic N) is 6. The number of allylic oxidation sites excluding steroid dienone is 4. The molecule has 1 aliphatic carbocycles. The van der Waals surface area contributed by atoms with Gasteiger partial charge in [0.15, 0.2) is 17.2 Å². The number of hydrogen-bond acceptors (Lipinski definition) is 5. The number of para-hydroxylation sites is 3. The first kappa shape index (κ1) is 36.9. The molecule has 0 saturated heterocycles. The van der Waals surface area contributed by atoms with Crippen molar-refractivity contribution < 1.29 is 4.42 Å². The molecular formula is C58H38N6O. The second-order valence-electron chi connectivity index (χ2n) is 16.5. The van der Waals surface area contributed by atoms with E-state index in [0.717, 1.165) is 107 Å². The van der Waals surface area contributed by atoms with E-state index in [1.807, 2.05) is 72.8 Å². The Morgan fingerprint density at radius 1 is 0.446 bits per heavy atom. The van der Waals surface area contributed by atoms with E-state index in [9.17, 15) is 0 Å². The Kier molecular flexibility index (Phi) is 8.52. The van der Waals surface area contributed by atoms with Gasteiger partial charge in [-0.25, -0.2) is 9.97 Å². The smallest absolute Gasteiger partial charge is 0.238 e. The lowest BCUT2D eigenvalue weighted by Gasteiger charge is -2.17. The standard InChI is InChI=1S/C58H38N6O/c1-5-18-37(19-6-1)41-34-42(44-28-17-29-49-54(44)65-57(59-49)40-24-11-4-12-25-40)36-43(35-41)63-50-30-15-13-26-45(50)47-32-33-48-46-27-14-16-31-51(46)64(53(48)52(47)63)58-61-55(38-20-7-2-8-21-38)60-56(62-58)39-22-9-3-10-23-39/h1-5,7-18,20-36H,6,19H2. The largest absolute Gasteiger partial charge is 0.435 e. The van der Waals surface area contributed by atoms with Gasteiger partial charge in [0.1, 0.15) is 5.52 Å². The van der Waals surface area contributed by atoms with Gasteiger partial charge in [-0.2, -0.15) is 9.97 Å². The third-order valence-corrected chi connectivity index (χ3v) is 12.7. The molecule has 8 aromatic carbocycles. The normalized spacial score (nSPS) is 12.8. The van der Waals surface area contributed by atoms with E-state index in [0.29, 0.717) is 23.5 Å². The fourth-order valence-electron chi connectivity index (χ4n) is 9.68. The number of benzene rings is 8. The number of oxazole rings is 1. The van der Waals surface area contributed by atoms with E-state index < -0.39 is 0 Å². The zero-order valence-electron chi connectivity index (χ0n) is 35.1. The highest BCUT2D eigenvalue weighted by molar-refractivity contribution is 6.23. The summed E-state index contributed by atoms with van der Waals surface area (Å²) in [7, 11) is 0. The van der Waals surface area contributed by atoms with Gasteiger partial charge >= 0.3 is 0 Å². The van der Waals surface area contributed by atoms with Crippen molar-refractivity contribution in [3.05, 3.63) is 212 Å². The van der Waals surface area contributed by atoms with Crippen LogP contribution in [0.5, 0.6) is 0 Å². The van der Waals surface area contributed by atoms with Crippen LogP contribution in [0.4, 0.5) is 0 Å². The Labute approximate surface area is 373 Å². The maximum atomic E-state index is 6.67. The highest BCUT2D eigenvalue weighted by atomic mass is 16.3. The minimum Gasteiger partial charge on any atom is -0.435 e. The summed E-state index contributed by atoms with van der Waals surface area (Å²) in [5.74, 6) is 2.37. The van der Waals surface area contributed by atoms with Crippen LogP contribution in [-0.4, -0.2) is 29.1 Å². The molecular weight excluding hydrogens is 797 g/mol. The first-order valence-electron chi connectivity index (χ1n) is 22.0. The third-order valence-electron chi connectivity index (χ3n) is 12.7. The topological polar surface area (TPSA) is 74.6 Å². The molecule has 0 aliphatic heterocycles. The summed E-state index contributed by atoms with van der Waals surface area (Å²) < 4.78 is 11.4. The van der Waals surface area contributed by atoms with E-state index in [1.165, 1.54) is 5.57 Å². The summed E-state index contributed by atoms with van der Waals surface area (Å²) in [6.45, 7) is 0. The number of aromatic nitrogens is 6. The van der Waals surface area contributed by atoms with Gasteiger partial charge in [0.05, 0.1) is 22.1 Å². The van der Waals surface area contributed by atoms with Crippen molar-refractivity contribution in [2.75, 3.05) is 0 Å². The molecule has 0 spiro atoms. The predicted octanol–water partition coefficient (Wildman–Crippen LogP) is 14.6. The zero-order valence-corrected chi connectivity index (χ0v) is 35.1. The fraction of sp³-hybridized carbons (Fsp3) is 0.0345. The van der Waals surface area contributed by atoms with Crippen LogP contribution in [0.15, 0.2) is 211 Å². The van der Waals surface area contributed by atoms with Crippen molar-refractivity contribution in [3.8, 4) is 57.0 Å². The van der Waals surface area contributed by atoms with E-state index in [1.54, 1.807) is 0 Å². The average molecular weight is 835 g/mol. The second-order valence-corrected chi connectivity index (χ2v) is 16.5. The van der Waals surface area contributed by atoms with Crippen molar-refractivity contribution in [1.29, 1.82) is 0 Å². The van der Waals surface area contributed by atoms with Crippen molar-refractivity contribution in [1.82, 2.24) is 29.1 Å². The highest BCUT2D eigenvalue weighted by Crippen LogP contribution is 2.43. The zero-order chi connectivity index (χ0) is 42.8. The molecule has 0 amide bonds. The quantitative estimate of drug-likeness (QED) is 0.160. The number of hydrogen-bond donors (Lipinski definition) is 0. The Morgan fingerprint density at radius 2 is 1.03 bits per heavy atom. The fourth-order valence-corrected chi connectivity index (χ4v) is 9.68. The second kappa shape index (κ2) is 15.0. The third kappa shape index (κ3) is 6.12. The molecule has 0 fully saturated rings. The van der Waals surface area contributed by atoms with Crippen LogP contribution >= 0.6 is 0 Å². The molecule has 0 bridgehead atoms. The van der Waals surface area contributed by atoms with Gasteiger partial charge < -0.3 is 8.98 Å². The molecule has 4 aromatic heterocycles. The lowest BCUT2D eigenvalue weighted by molar-refractivity contribution is 0.621. The highest BCUT2D eigenvalue weighted by Gasteiger charge is 2.25. The minimum absolute atomic E-state index is 0.549. The maximum absolute atomic E-state index is 6.67. The molecule has 0 N–H and O–H groups in total. The molecule has 13 rings (SSSR count). The van der Waals surface area contributed by atoms with Crippen LogP contribution < -0.4 is 0 Å². The summed E-state index contributed by atoms with van der Waals surface area (Å²) in [5, 5.41) is 4.51. The van der Waals surface area contributed by atoms with E-state index in [-0.39, 0.29) is 0 Å². The van der Waals surface area contributed by atoms with Gasteiger partial charge in [0, 0.05) is 49.5 Å². The molecule has 1 aliphatic rings. The molecule has 306 valence electrons. The molecule has 0 unspecified atom stereocenters. The van der Waals surface area contributed by atoms with Gasteiger partial charge in [-0.1, -0.05) is 158 Å². The Balaban J connectivity index is 1.13. The Hall–Kier alpha value is -8.68. The van der Waals surface area contributed by atoms with Crippen molar-refractivity contribution >= 4 is 60.3 Å². The van der Waals surface area contributed by atoms with Crippen LogP contribution in [-0.2, 0) is 0 Å². The lowest BCUT2D eigenvalue weighted by Crippen LogP contribution is -2.07. The number of fused-ring (bicyclic) bond motifs is 8. The van der Waals surface area contributed by atoms with Gasteiger partial charge in [-0.15, -0.1) is 0 Å². The van der Waals surface area contributed by atoms with Crippen molar-refractivity contribution in [2.24, 2.45) is 0 Å². The predicted molar refractivity (Wildman–Crippen MR) is 264 cm³/mol. The van der Waals surface area contributed by atoms with Gasteiger partial charge in [-0.3, -0.25) is 4.57 Å². The van der Waals surface area contributed by atoms with Crippen molar-refractivity contribution in [2.45, 2.75) is 12.8 Å². The van der Waals surface area contributed by atoms with Crippen LogP contribution in [0.25, 0.3) is 117 Å². The van der Waals surface area contributed by atoms with Crippen molar-refractivity contribution in [3.63, 3.8) is 0 Å². The summed E-state index contributed by atoms with van der Waals surface area (Å²) in [6, 6.07) is 65.6. The molecule has 12 aromatic rings. The van der Waals surface area contributed by atoms with Gasteiger partial charge in [-0.05, 0) is 78.1 Å². The molecule has 0 atom stereocenters. The SMILES string of the molecule is C1=CCCC(c2cc(-c3cccc4nc(-c5ccccc5)oc34)cc(-n3c4ccccc4c4ccc5c6ccccc6n(-c6nc(-c7ccccc7)nc(-c7ccccc7)n6)c5c43)c2)=C1. The first-order valence-corrected chi connectivity index (χ1v) is 22.0. The monoisotopic (exact) mass is 834 g/mol. The first-order chi connectivity index (χ1) is 32.2. The maximum Gasteiger partial charge on any atom is 0.238 e. The summed E-state index contributed by atoms with van der Waals surface area (Å²) >= 11 is 0.